The second kappa shape index (κ2) is 4.69. The highest BCUT2D eigenvalue weighted by Crippen LogP contribution is 2.19. The highest BCUT2D eigenvalue weighted by atomic mass is 16.4. The molecular formula is C8H13N5O3. The van der Waals surface area contributed by atoms with Crippen molar-refractivity contribution in [2.75, 3.05) is 6.54 Å². The first-order chi connectivity index (χ1) is 7.49. The number of aromatic amines is 1. The van der Waals surface area contributed by atoms with Crippen LogP contribution in [0.25, 0.3) is 0 Å². The van der Waals surface area contributed by atoms with E-state index in [1.165, 1.54) is 0 Å². The van der Waals surface area contributed by atoms with Crippen LogP contribution >= 0.6 is 0 Å². The molecule has 0 bridgehead atoms. The maximum atomic E-state index is 11.4. The molecule has 8 heteroatoms. The van der Waals surface area contributed by atoms with Gasteiger partial charge in [-0.05, 0) is 18.6 Å². The molecule has 1 heterocycles. The number of carboxylic acid groups (broad SMARTS) is 1. The number of nitrogens with one attached hydrogen (secondary N) is 2. The molecule has 8 nitrogen and oxygen atoms in total. The Morgan fingerprint density at radius 2 is 2.25 bits per heavy atom. The van der Waals surface area contributed by atoms with Crippen LogP contribution in [0.2, 0.25) is 0 Å². The van der Waals surface area contributed by atoms with Crippen LogP contribution in [0.3, 0.4) is 0 Å². The third-order valence-electron chi connectivity index (χ3n) is 2.48. The molecule has 1 unspecified atom stereocenters. The van der Waals surface area contributed by atoms with Gasteiger partial charge in [0.2, 0.25) is 0 Å². The van der Waals surface area contributed by atoms with E-state index in [2.05, 4.69) is 25.9 Å². The minimum absolute atomic E-state index is 0.0200. The molecule has 0 fully saturated rings. The van der Waals surface area contributed by atoms with Gasteiger partial charge in [-0.15, -0.1) is 10.2 Å². The van der Waals surface area contributed by atoms with Gasteiger partial charge in [0.1, 0.15) is 0 Å². The van der Waals surface area contributed by atoms with Crippen LogP contribution in [0.4, 0.5) is 0 Å². The van der Waals surface area contributed by atoms with Crippen molar-refractivity contribution >= 4 is 11.9 Å². The van der Waals surface area contributed by atoms with E-state index < -0.39 is 17.3 Å². The van der Waals surface area contributed by atoms with Gasteiger partial charge in [0.25, 0.3) is 11.7 Å². The number of rotatable bonds is 5. The van der Waals surface area contributed by atoms with E-state index in [1.807, 2.05) is 0 Å². The zero-order valence-corrected chi connectivity index (χ0v) is 9.02. The fourth-order valence-corrected chi connectivity index (χ4v) is 0.964. The fourth-order valence-electron chi connectivity index (χ4n) is 0.964. The van der Waals surface area contributed by atoms with Gasteiger partial charge in [0, 0.05) is 6.54 Å². The fraction of sp³-hybridized carbons (Fsp3) is 0.625. The number of tetrazole rings is 1. The summed E-state index contributed by atoms with van der Waals surface area (Å²) in [7, 11) is 0. The zero-order chi connectivity index (χ0) is 12.2. The molecule has 88 valence electrons. The van der Waals surface area contributed by atoms with E-state index in [0.29, 0.717) is 6.42 Å². The van der Waals surface area contributed by atoms with Gasteiger partial charge in [0.05, 0.1) is 5.41 Å². The van der Waals surface area contributed by atoms with Crippen LogP contribution < -0.4 is 5.32 Å². The van der Waals surface area contributed by atoms with Gasteiger partial charge in [-0.2, -0.15) is 5.21 Å². The Bertz CT molecular complexity index is 377. The standard InChI is InChI=1S/C8H13N5O3/c1-3-8(2,7(15)16)4-9-6(14)5-10-12-13-11-5/h3-4H2,1-2H3,(H,9,14)(H,15,16)(H,10,11,12,13). The van der Waals surface area contributed by atoms with Gasteiger partial charge in [-0.25, -0.2) is 0 Å². The van der Waals surface area contributed by atoms with Crippen LogP contribution in [0.15, 0.2) is 0 Å². The molecule has 0 aliphatic rings. The lowest BCUT2D eigenvalue weighted by Crippen LogP contribution is -2.40. The Morgan fingerprint density at radius 1 is 1.56 bits per heavy atom. The van der Waals surface area contributed by atoms with Gasteiger partial charge >= 0.3 is 5.97 Å². The third-order valence-corrected chi connectivity index (χ3v) is 2.48. The Morgan fingerprint density at radius 3 is 2.69 bits per heavy atom. The number of carbonyl (C=O) groups is 2. The predicted octanol–water partition coefficient (Wildman–Crippen LogP) is -0.570. The molecule has 0 aromatic carbocycles. The first-order valence-corrected chi connectivity index (χ1v) is 4.74. The van der Waals surface area contributed by atoms with Crippen LogP contribution in [0.1, 0.15) is 30.9 Å². The van der Waals surface area contributed by atoms with E-state index in [0.717, 1.165) is 0 Å². The Balaban J connectivity index is 2.57. The summed E-state index contributed by atoms with van der Waals surface area (Å²) >= 11 is 0. The van der Waals surface area contributed by atoms with Crippen molar-refractivity contribution in [1.82, 2.24) is 25.9 Å². The lowest BCUT2D eigenvalue weighted by molar-refractivity contribution is -0.147. The third kappa shape index (κ3) is 2.53. The number of amides is 1. The number of carboxylic acids is 1. The Kier molecular flexibility index (Phi) is 3.54. The van der Waals surface area contributed by atoms with E-state index >= 15 is 0 Å². The van der Waals surface area contributed by atoms with Gasteiger partial charge in [0.15, 0.2) is 0 Å². The molecule has 0 radical (unpaired) electrons. The first kappa shape index (κ1) is 12.1. The van der Waals surface area contributed by atoms with Crippen molar-refractivity contribution in [3.63, 3.8) is 0 Å². The van der Waals surface area contributed by atoms with Gasteiger partial charge in [-0.1, -0.05) is 6.92 Å². The quantitative estimate of drug-likeness (QED) is 0.619. The zero-order valence-electron chi connectivity index (χ0n) is 9.02. The summed E-state index contributed by atoms with van der Waals surface area (Å²) in [4.78, 5) is 22.4. The minimum Gasteiger partial charge on any atom is -0.481 e. The normalized spacial score (nSPS) is 14.1. The van der Waals surface area contributed by atoms with Crippen LogP contribution in [-0.4, -0.2) is 44.2 Å². The molecule has 1 amide bonds. The number of aromatic nitrogens is 4. The van der Waals surface area contributed by atoms with Crippen molar-refractivity contribution in [2.45, 2.75) is 20.3 Å². The molecule has 16 heavy (non-hydrogen) atoms. The molecular weight excluding hydrogens is 214 g/mol. The summed E-state index contributed by atoms with van der Waals surface area (Å²) in [6.45, 7) is 3.33. The molecule has 1 aromatic rings. The van der Waals surface area contributed by atoms with Crippen molar-refractivity contribution in [1.29, 1.82) is 0 Å². The molecule has 1 atom stereocenters. The maximum Gasteiger partial charge on any atom is 0.311 e. The van der Waals surface area contributed by atoms with Crippen LogP contribution in [0.5, 0.6) is 0 Å². The Labute approximate surface area is 91.4 Å². The van der Waals surface area contributed by atoms with Crippen molar-refractivity contribution < 1.29 is 14.7 Å². The SMILES string of the molecule is CCC(C)(CNC(=O)c1nn[nH]n1)C(=O)O. The molecule has 0 spiro atoms. The monoisotopic (exact) mass is 227 g/mol. The average molecular weight is 227 g/mol. The summed E-state index contributed by atoms with van der Waals surface area (Å²) in [6, 6.07) is 0. The van der Waals surface area contributed by atoms with E-state index in [1.54, 1.807) is 13.8 Å². The van der Waals surface area contributed by atoms with E-state index in [9.17, 15) is 9.59 Å². The molecule has 0 saturated heterocycles. The smallest absolute Gasteiger partial charge is 0.311 e. The molecule has 0 aliphatic heterocycles. The lowest BCUT2D eigenvalue weighted by atomic mass is 9.88. The summed E-state index contributed by atoms with van der Waals surface area (Å²) in [5.74, 6) is -1.61. The summed E-state index contributed by atoms with van der Waals surface area (Å²) in [5.41, 5.74) is -0.987. The van der Waals surface area contributed by atoms with Gasteiger partial charge in [-0.3, -0.25) is 9.59 Å². The largest absolute Gasteiger partial charge is 0.481 e. The van der Waals surface area contributed by atoms with Crippen LogP contribution in [0, 0.1) is 5.41 Å². The molecule has 1 rings (SSSR count). The topological polar surface area (TPSA) is 121 Å². The van der Waals surface area contributed by atoms with E-state index in [-0.39, 0.29) is 12.4 Å². The molecule has 3 N–H and O–H groups in total. The number of H-pyrrole nitrogens is 1. The lowest BCUT2D eigenvalue weighted by Gasteiger charge is -2.22. The molecule has 1 aromatic heterocycles. The predicted molar refractivity (Wildman–Crippen MR) is 52.5 cm³/mol. The second-order valence-corrected chi connectivity index (χ2v) is 3.64. The first-order valence-electron chi connectivity index (χ1n) is 4.74. The highest BCUT2D eigenvalue weighted by molar-refractivity contribution is 5.90. The van der Waals surface area contributed by atoms with Crippen molar-refractivity contribution in [3.8, 4) is 0 Å². The minimum atomic E-state index is -0.987. The summed E-state index contributed by atoms with van der Waals surface area (Å²) in [5, 5.41) is 23.8. The number of carbonyl (C=O) groups excluding carboxylic acids is 1. The molecule has 0 saturated carbocycles. The second-order valence-electron chi connectivity index (χ2n) is 3.64. The Hall–Kier alpha value is -1.99. The number of hydrogen-bond acceptors (Lipinski definition) is 5. The van der Waals surface area contributed by atoms with Crippen molar-refractivity contribution in [2.24, 2.45) is 5.41 Å². The van der Waals surface area contributed by atoms with Crippen molar-refractivity contribution in [3.05, 3.63) is 5.82 Å². The van der Waals surface area contributed by atoms with E-state index in [4.69, 9.17) is 5.11 Å². The summed E-state index contributed by atoms with van der Waals surface area (Å²) in [6.07, 6.45) is 0.412. The summed E-state index contributed by atoms with van der Waals surface area (Å²) < 4.78 is 0. The van der Waals surface area contributed by atoms with Crippen LogP contribution in [-0.2, 0) is 4.79 Å². The number of nitrogens with zero attached hydrogens (tertiary/aromatic N) is 3. The van der Waals surface area contributed by atoms with Gasteiger partial charge < -0.3 is 10.4 Å². The highest BCUT2D eigenvalue weighted by Gasteiger charge is 2.31. The average Bonchev–Trinajstić information content (AvgIpc) is 2.78. The number of hydrogen-bond donors (Lipinski definition) is 3. The maximum absolute atomic E-state index is 11.4. The number of aliphatic carboxylic acids is 1. The molecule has 0 aliphatic carbocycles.